The lowest BCUT2D eigenvalue weighted by Crippen LogP contribution is -2.41. The van der Waals surface area contributed by atoms with Gasteiger partial charge in [0.15, 0.2) is 11.4 Å². The zero-order valence-electron chi connectivity index (χ0n) is 19.1. The number of benzene rings is 1. The largest absolute Gasteiger partial charge is 0.493 e. The van der Waals surface area contributed by atoms with Gasteiger partial charge in [-0.1, -0.05) is 31.2 Å². The SMILES string of the molecule is COc1ccnc(C(=O)N[C@@H](C)C(=O)O[C@H]2Cc3ccccc3[C@@H]2C)c1OC(=O)CCSC. The van der Waals surface area contributed by atoms with Gasteiger partial charge in [0.25, 0.3) is 5.91 Å². The molecule has 0 radical (unpaired) electrons. The first kappa shape index (κ1) is 24.6. The van der Waals surface area contributed by atoms with Crippen LogP contribution in [0.15, 0.2) is 36.5 Å². The topological polar surface area (TPSA) is 104 Å². The summed E-state index contributed by atoms with van der Waals surface area (Å²) >= 11 is 1.50. The number of amides is 1. The molecule has 0 aliphatic heterocycles. The molecule has 0 bridgehead atoms. The fourth-order valence-electron chi connectivity index (χ4n) is 3.68. The van der Waals surface area contributed by atoms with Crippen LogP contribution in [0.4, 0.5) is 0 Å². The third-order valence-electron chi connectivity index (χ3n) is 5.52. The zero-order chi connectivity index (χ0) is 24.0. The van der Waals surface area contributed by atoms with Crippen molar-refractivity contribution in [3.8, 4) is 11.5 Å². The Morgan fingerprint density at radius 1 is 1.24 bits per heavy atom. The predicted molar refractivity (Wildman–Crippen MR) is 125 cm³/mol. The second-order valence-corrected chi connectivity index (χ2v) is 8.76. The Labute approximate surface area is 197 Å². The highest BCUT2D eigenvalue weighted by Gasteiger charge is 2.33. The van der Waals surface area contributed by atoms with E-state index < -0.39 is 23.9 Å². The molecule has 176 valence electrons. The molecular formula is C24H28N2O6S. The number of nitrogens with one attached hydrogen (secondary N) is 1. The van der Waals surface area contributed by atoms with Crippen molar-refractivity contribution >= 4 is 29.6 Å². The number of hydrogen-bond donors (Lipinski definition) is 1. The molecule has 1 aromatic heterocycles. The average molecular weight is 473 g/mol. The number of pyridine rings is 1. The minimum absolute atomic E-state index is 0.0698. The van der Waals surface area contributed by atoms with Crippen LogP contribution in [0.2, 0.25) is 0 Å². The maximum Gasteiger partial charge on any atom is 0.328 e. The van der Waals surface area contributed by atoms with Gasteiger partial charge in [-0.05, 0) is 24.3 Å². The fraction of sp³-hybridized carbons (Fsp3) is 0.417. The number of rotatable bonds is 9. The number of esters is 2. The lowest BCUT2D eigenvalue weighted by molar-refractivity contribution is -0.151. The molecule has 0 fully saturated rings. The first-order chi connectivity index (χ1) is 15.8. The normalized spacial score (nSPS) is 17.6. The summed E-state index contributed by atoms with van der Waals surface area (Å²) in [6, 6.07) is 8.56. The van der Waals surface area contributed by atoms with Crippen molar-refractivity contribution in [2.45, 2.75) is 44.8 Å². The lowest BCUT2D eigenvalue weighted by Gasteiger charge is -2.20. The Balaban J connectivity index is 1.67. The van der Waals surface area contributed by atoms with Crippen LogP contribution < -0.4 is 14.8 Å². The molecule has 0 saturated carbocycles. The van der Waals surface area contributed by atoms with Crippen molar-refractivity contribution in [1.29, 1.82) is 0 Å². The third-order valence-corrected chi connectivity index (χ3v) is 6.14. The lowest BCUT2D eigenvalue weighted by atomic mass is 10.0. The molecule has 3 atom stereocenters. The van der Waals surface area contributed by atoms with Gasteiger partial charge in [0.1, 0.15) is 12.1 Å². The molecule has 0 saturated heterocycles. The number of methoxy groups -OCH3 is 1. The van der Waals surface area contributed by atoms with Crippen LogP contribution in [0.1, 0.15) is 47.8 Å². The van der Waals surface area contributed by atoms with E-state index in [9.17, 15) is 14.4 Å². The molecule has 0 spiro atoms. The Hall–Kier alpha value is -3.07. The standard InChI is InChI=1S/C24H28N2O6S/c1-14-17-8-6-5-7-16(17)13-19(14)31-24(29)15(2)26-23(28)21-22(18(30-3)9-11-25-21)32-20(27)10-12-33-4/h5-9,11,14-15,19H,10,12-13H2,1-4H3,(H,26,28)/t14-,15-,19-/m0/s1. The first-order valence-corrected chi connectivity index (χ1v) is 12.1. The maximum absolute atomic E-state index is 12.9. The minimum atomic E-state index is -0.929. The molecule has 0 unspecified atom stereocenters. The molecule has 9 heteroatoms. The number of fused-ring (bicyclic) bond motifs is 1. The average Bonchev–Trinajstić information content (AvgIpc) is 3.12. The second-order valence-electron chi connectivity index (χ2n) is 7.77. The van der Waals surface area contributed by atoms with Gasteiger partial charge in [0, 0.05) is 30.4 Å². The van der Waals surface area contributed by atoms with E-state index in [1.807, 2.05) is 37.4 Å². The van der Waals surface area contributed by atoms with Gasteiger partial charge in [-0.15, -0.1) is 0 Å². The first-order valence-electron chi connectivity index (χ1n) is 10.7. The van der Waals surface area contributed by atoms with Crippen molar-refractivity contribution in [2.24, 2.45) is 0 Å². The Morgan fingerprint density at radius 2 is 2.00 bits per heavy atom. The third kappa shape index (κ3) is 5.84. The van der Waals surface area contributed by atoms with Crippen LogP contribution in [-0.2, 0) is 20.7 Å². The number of hydrogen-bond acceptors (Lipinski definition) is 8. The van der Waals surface area contributed by atoms with Crippen LogP contribution in [0, 0.1) is 0 Å². The predicted octanol–water partition coefficient (Wildman–Crippen LogP) is 3.14. The summed E-state index contributed by atoms with van der Waals surface area (Å²) in [4.78, 5) is 41.8. The molecule has 1 amide bonds. The molecule has 33 heavy (non-hydrogen) atoms. The highest BCUT2D eigenvalue weighted by Crippen LogP contribution is 2.35. The van der Waals surface area contributed by atoms with Crippen LogP contribution in [0.5, 0.6) is 11.5 Å². The van der Waals surface area contributed by atoms with Gasteiger partial charge >= 0.3 is 11.9 Å². The van der Waals surface area contributed by atoms with E-state index in [4.69, 9.17) is 14.2 Å². The molecule has 1 heterocycles. The number of ether oxygens (including phenoxy) is 3. The maximum atomic E-state index is 12.9. The summed E-state index contributed by atoms with van der Waals surface area (Å²) in [6.45, 7) is 3.56. The highest BCUT2D eigenvalue weighted by molar-refractivity contribution is 7.98. The van der Waals surface area contributed by atoms with Crippen LogP contribution >= 0.6 is 11.8 Å². The number of aromatic nitrogens is 1. The van der Waals surface area contributed by atoms with E-state index in [2.05, 4.69) is 10.3 Å². The number of nitrogens with zero attached hydrogens (tertiary/aromatic N) is 1. The van der Waals surface area contributed by atoms with Crippen molar-refractivity contribution in [2.75, 3.05) is 19.1 Å². The minimum Gasteiger partial charge on any atom is -0.493 e. The molecular weight excluding hydrogens is 444 g/mol. The van der Waals surface area contributed by atoms with Crippen molar-refractivity contribution < 1.29 is 28.6 Å². The Bertz CT molecular complexity index is 1030. The van der Waals surface area contributed by atoms with E-state index in [0.717, 1.165) is 5.56 Å². The number of carbonyl (C=O) groups excluding carboxylic acids is 3. The summed E-state index contributed by atoms with van der Waals surface area (Å²) in [5.41, 5.74) is 2.18. The van der Waals surface area contributed by atoms with Gasteiger partial charge in [-0.2, -0.15) is 11.8 Å². The van der Waals surface area contributed by atoms with Gasteiger partial charge < -0.3 is 19.5 Å². The number of thioether (sulfide) groups is 1. The molecule has 1 aliphatic carbocycles. The summed E-state index contributed by atoms with van der Waals surface area (Å²) in [5, 5.41) is 2.59. The highest BCUT2D eigenvalue weighted by atomic mass is 32.2. The van der Waals surface area contributed by atoms with Gasteiger partial charge in [-0.3, -0.25) is 9.59 Å². The monoisotopic (exact) mass is 472 g/mol. The summed E-state index contributed by atoms with van der Waals surface area (Å²) < 4.78 is 16.3. The van der Waals surface area contributed by atoms with Crippen molar-refractivity contribution in [3.05, 3.63) is 53.3 Å². The van der Waals surface area contributed by atoms with Gasteiger partial charge in [-0.25, -0.2) is 9.78 Å². The van der Waals surface area contributed by atoms with Crippen LogP contribution in [-0.4, -0.2) is 54.1 Å². The van der Waals surface area contributed by atoms with Crippen LogP contribution in [0.25, 0.3) is 0 Å². The number of carbonyl (C=O) groups is 3. The summed E-state index contributed by atoms with van der Waals surface area (Å²) in [7, 11) is 1.40. The van der Waals surface area contributed by atoms with Gasteiger partial charge in [0.05, 0.1) is 13.5 Å². The Morgan fingerprint density at radius 3 is 2.70 bits per heavy atom. The molecule has 1 aromatic carbocycles. The quantitative estimate of drug-likeness (QED) is 0.555. The van der Waals surface area contributed by atoms with E-state index in [-0.39, 0.29) is 35.6 Å². The smallest absolute Gasteiger partial charge is 0.328 e. The molecule has 1 N–H and O–H groups in total. The van der Waals surface area contributed by atoms with E-state index in [0.29, 0.717) is 12.2 Å². The summed E-state index contributed by atoms with van der Waals surface area (Å²) in [6.07, 6.45) is 3.76. The molecule has 3 rings (SSSR count). The van der Waals surface area contributed by atoms with Crippen molar-refractivity contribution in [1.82, 2.24) is 10.3 Å². The van der Waals surface area contributed by atoms with Crippen LogP contribution in [0.3, 0.4) is 0 Å². The molecule has 2 aromatic rings. The fourth-order valence-corrected chi connectivity index (χ4v) is 4.05. The van der Waals surface area contributed by atoms with Crippen molar-refractivity contribution in [3.63, 3.8) is 0 Å². The Kier molecular flexibility index (Phi) is 8.32. The molecule has 8 nitrogen and oxygen atoms in total. The van der Waals surface area contributed by atoms with E-state index >= 15 is 0 Å². The van der Waals surface area contributed by atoms with E-state index in [1.165, 1.54) is 43.6 Å². The summed E-state index contributed by atoms with van der Waals surface area (Å²) in [5.74, 6) is -0.963. The second kappa shape index (κ2) is 11.2. The van der Waals surface area contributed by atoms with Gasteiger partial charge in [0.2, 0.25) is 5.75 Å². The van der Waals surface area contributed by atoms with E-state index in [1.54, 1.807) is 0 Å². The zero-order valence-corrected chi connectivity index (χ0v) is 19.9. The molecule has 1 aliphatic rings.